The van der Waals surface area contributed by atoms with Gasteiger partial charge >= 0.3 is 0 Å². The zero-order valence-electron chi connectivity index (χ0n) is 14.1. The summed E-state index contributed by atoms with van der Waals surface area (Å²) in [6.07, 6.45) is 1.46. The summed E-state index contributed by atoms with van der Waals surface area (Å²) in [5.41, 5.74) is 3.63. The molecule has 25 heavy (non-hydrogen) atoms. The third-order valence-corrected chi connectivity index (χ3v) is 3.94. The van der Waals surface area contributed by atoms with Crippen molar-refractivity contribution in [3.63, 3.8) is 0 Å². The first kappa shape index (κ1) is 17.1. The number of halogens is 1. The minimum absolute atomic E-state index is 0.120. The standard InChI is InChI=1S/C18H17ClN4O2/c1-4-25-18-16(17(24)23-15-6-5-12(19)9-20-15)21-13-7-10(2)11(3)8-14(13)22-18/h5-9H,4H2,1-3H3,(H,20,23,24). The van der Waals surface area contributed by atoms with E-state index in [1.165, 1.54) is 6.20 Å². The van der Waals surface area contributed by atoms with E-state index in [9.17, 15) is 4.79 Å². The predicted molar refractivity (Wildman–Crippen MR) is 97.4 cm³/mol. The maximum absolute atomic E-state index is 12.6. The summed E-state index contributed by atoms with van der Waals surface area (Å²) in [4.78, 5) is 25.6. The number of aryl methyl sites for hydroxylation is 2. The Morgan fingerprint density at radius 2 is 1.84 bits per heavy atom. The molecule has 1 aromatic carbocycles. The number of aromatic nitrogens is 3. The molecule has 2 aromatic heterocycles. The van der Waals surface area contributed by atoms with Crippen molar-refractivity contribution in [2.75, 3.05) is 11.9 Å². The molecular weight excluding hydrogens is 340 g/mol. The second-order valence-electron chi connectivity index (χ2n) is 5.55. The summed E-state index contributed by atoms with van der Waals surface area (Å²) in [6, 6.07) is 7.10. The van der Waals surface area contributed by atoms with Crippen molar-refractivity contribution in [1.29, 1.82) is 0 Å². The Kier molecular flexibility index (Phi) is 4.81. The van der Waals surface area contributed by atoms with Crippen LogP contribution in [0.1, 0.15) is 28.5 Å². The molecule has 7 heteroatoms. The number of hydrogen-bond acceptors (Lipinski definition) is 5. The fourth-order valence-corrected chi connectivity index (χ4v) is 2.42. The Labute approximate surface area is 150 Å². The van der Waals surface area contributed by atoms with E-state index in [0.29, 0.717) is 28.5 Å². The number of fused-ring (bicyclic) bond motifs is 1. The molecule has 128 valence electrons. The topological polar surface area (TPSA) is 77.0 Å². The van der Waals surface area contributed by atoms with Crippen LogP contribution in [0.4, 0.5) is 5.82 Å². The number of carbonyl (C=O) groups excluding carboxylic acids is 1. The molecule has 3 aromatic rings. The minimum Gasteiger partial charge on any atom is -0.476 e. The summed E-state index contributed by atoms with van der Waals surface area (Å²) in [5.74, 6) is 0.134. The van der Waals surface area contributed by atoms with Gasteiger partial charge in [0.2, 0.25) is 5.88 Å². The smallest absolute Gasteiger partial charge is 0.281 e. The van der Waals surface area contributed by atoms with Crippen LogP contribution in [-0.4, -0.2) is 27.5 Å². The average molecular weight is 357 g/mol. The van der Waals surface area contributed by atoms with Gasteiger partial charge in [0.15, 0.2) is 5.69 Å². The summed E-state index contributed by atoms with van der Waals surface area (Å²) < 4.78 is 5.52. The van der Waals surface area contributed by atoms with Gasteiger partial charge in [0.05, 0.1) is 22.7 Å². The van der Waals surface area contributed by atoms with Gasteiger partial charge < -0.3 is 10.1 Å². The molecule has 0 bridgehead atoms. The zero-order valence-corrected chi connectivity index (χ0v) is 14.9. The van der Waals surface area contributed by atoms with Crippen LogP contribution < -0.4 is 10.1 Å². The van der Waals surface area contributed by atoms with E-state index >= 15 is 0 Å². The SMILES string of the molecule is CCOc1nc2cc(C)c(C)cc2nc1C(=O)Nc1ccc(Cl)cn1. The van der Waals surface area contributed by atoms with Crippen LogP contribution in [0.25, 0.3) is 11.0 Å². The fraction of sp³-hybridized carbons (Fsp3) is 0.222. The quantitative estimate of drug-likeness (QED) is 0.766. The highest BCUT2D eigenvalue weighted by molar-refractivity contribution is 6.30. The van der Waals surface area contributed by atoms with Gasteiger partial charge in [0.1, 0.15) is 5.82 Å². The Morgan fingerprint density at radius 1 is 1.16 bits per heavy atom. The van der Waals surface area contributed by atoms with E-state index in [-0.39, 0.29) is 11.6 Å². The van der Waals surface area contributed by atoms with Crippen molar-refractivity contribution in [3.8, 4) is 5.88 Å². The van der Waals surface area contributed by atoms with Gasteiger partial charge in [-0.15, -0.1) is 0 Å². The van der Waals surface area contributed by atoms with Crippen LogP contribution >= 0.6 is 11.6 Å². The summed E-state index contributed by atoms with van der Waals surface area (Å²) in [6.45, 7) is 6.20. The summed E-state index contributed by atoms with van der Waals surface area (Å²) in [5, 5.41) is 3.17. The normalized spacial score (nSPS) is 10.7. The molecule has 1 N–H and O–H groups in total. The zero-order chi connectivity index (χ0) is 18.0. The molecular formula is C18H17ClN4O2. The van der Waals surface area contributed by atoms with E-state index in [4.69, 9.17) is 16.3 Å². The van der Waals surface area contributed by atoms with Crippen LogP contribution in [0.3, 0.4) is 0 Å². The maximum Gasteiger partial charge on any atom is 0.281 e. The number of anilines is 1. The van der Waals surface area contributed by atoms with Crippen LogP contribution in [0.5, 0.6) is 5.88 Å². The lowest BCUT2D eigenvalue weighted by molar-refractivity contribution is 0.101. The molecule has 0 unspecified atom stereocenters. The van der Waals surface area contributed by atoms with Gasteiger partial charge in [0, 0.05) is 6.20 Å². The summed E-state index contributed by atoms with van der Waals surface area (Å²) >= 11 is 5.81. The lowest BCUT2D eigenvalue weighted by atomic mass is 10.1. The van der Waals surface area contributed by atoms with E-state index in [0.717, 1.165) is 11.1 Å². The van der Waals surface area contributed by atoms with Crippen molar-refractivity contribution in [3.05, 3.63) is 52.3 Å². The fourth-order valence-electron chi connectivity index (χ4n) is 2.31. The molecule has 0 radical (unpaired) electrons. The second-order valence-corrected chi connectivity index (χ2v) is 5.99. The first-order valence-corrected chi connectivity index (χ1v) is 8.20. The summed E-state index contributed by atoms with van der Waals surface area (Å²) in [7, 11) is 0. The number of nitrogens with one attached hydrogen (secondary N) is 1. The number of carbonyl (C=O) groups is 1. The highest BCUT2D eigenvalue weighted by Crippen LogP contribution is 2.23. The molecule has 0 saturated carbocycles. The largest absolute Gasteiger partial charge is 0.476 e. The third kappa shape index (κ3) is 3.69. The first-order valence-electron chi connectivity index (χ1n) is 7.82. The molecule has 3 rings (SSSR count). The van der Waals surface area contributed by atoms with Gasteiger partial charge in [-0.05, 0) is 56.2 Å². The van der Waals surface area contributed by atoms with E-state index in [2.05, 4.69) is 20.3 Å². The van der Waals surface area contributed by atoms with Gasteiger partial charge in [-0.3, -0.25) is 4.79 Å². The van der Waals surface area contributed by atoms with E-state index in [1.807, 2.05) is 32.9 Å². The van der Waals surface area contributed by atoms with E-state index < -0.39 is 5.91 Å². The molecule has 0 aliphatic carbocycles. The third-order valence-electron chi connectivity index (χ3n) is 3.71. The van der Waals surface area contributed by atoms with Crippen molar-refractivity contribution >= 4 is 34.4 Å². The van der Waals surface area contributed by atoms with Crippen LogP contribution in [0.2, 0.25) is 5.02 Å². The minimum atomic E-state index is -0.439. The van der Waals surface area contributed by atoms with Crippen molar-refractivity contribution in [1.82, 2.24) is 15.0 Å². The Balaban J connectivity index is 2.02. The highest BCUT2D eigenvalue weighted by Gasteiger charge is 2.19. The molecule has 0 aliphatic rings. The molecule has 1 amide bonds. The van der Waals surface area contributed by atoms with Crippen molar-refractivity contribution < 1.29 is 9.53 Å². The van der Waals surface area contributed by atoms with Crippen LogP contribution in [0.15, 0.2) is 30.5 Å². The van der Waals surface area contributed by atoms with Crippen molar-refractivity contribution in [2.45, 2.75) is 20.8 Å². The first-order chi connectivity index (χ1) is 12.0. The predicted octanol–water partition coefficient (Wildman–Crippen LogP) is 3.95. The molecule has 0 atom stereocenters. The molecule has 0 saturated heterocycles. The number of benzene rings is 1. The second kappa shape index (κ2) is 7.03. The highest BCUT2D eigenvalue weighted by atomic mass is 35.5. The monoisotopic (exact) mass is 356 g/mol. The lowest BCUT2D eigenvalue weighted by Gasteiger charge is -2.11. The van der Waals surface area contributed by atoms with Gasteiger partial charge in [-0.25, -0.2) is 15.0 Å². The Hall–Kier alpha value is -2.73. The lowest BCUT2D eigenvalue weighted by Crippen LogP contribution is -2.17. The Morgan fingerprint density at radius 3 is 2.44 bits per heavy atom. The number of rotatable bonds is 4. The number of pyridine rings is 1. The molecule has 6 nitrogen and oxygen atoms in total. The van der Waals surface area contributed by atoms with Crippen molar-refractivity contribution in [2.24, 2.45) is 0 Å². The van der Waals surface area contributed by atoms with Crippen LogP contribution in [0, 0.1) is 13.8 Å². The Bertz CT molecular complexity index is 942. The maximum atomic E-state index is 12.6. The average Bonchev–Trinajstić information content (AvgIpc) is 2.58. The molecule has 0 aliphatic heterocycles. The van der Waals surface area contributed by atoms with Gasteiger partial charge in [0.25, 0.3) is 5.91 Å². The number of amides is 1. The molecule has 0 fully saturated rings. The number of nitrogens with zero attached hydrogens (tertiary/aromatic N) is 3. The van der Waals surface area contributed by atoms with Gasteiger partial charge in [-0.2, -0.15) is 0 Å². The number of ether oxygens (including phenoxy) is 1. The van der Waals surface area contributed by atoms with E-state index in [1.54, 1.807) is 12.1 Å². The number of hydrogen-bond donors (Lipinski definition) is 1. The molecule has 0 spiro atoms. The molecule has 2 heterocycles. The van der Waals surface area contributed by atoms with Gasteiger partial charge in [-0.1, -0.05) is 11.6 Å². The van der Waals surface area contributed by atoms with Crippen LogP contribution in [-0.2, 0) is 0 Å².